The van der Waals surface area contributed by atoms with Crippen molar-refractivity contribution in [3.63, 3.8) is 0 Å². The zero-order valence-electron chi connectivity index (χ0n) is 18.7. The number of thioether (sulfide) groups is 1. The van der Waals surface area contributed by atoms with Crippen LogP contribution in [-0.4, -0.2) is 32.1 Å². The summed E-state index contributed by atoms with van der Waals surface area (Å²) in [7, 11) is 0. The van der Waals surface area contributed by atoms with Crippen LogP contribution in [0.3, 0.4) is 0 Å². The Hall–Kier alpha value is -3.33. The number of nitrogens with zero attached hydrogens (tertiary/aromatic N) is 4. The van der Waals surface area contributed by atoms with Gasteiger partial charge in [0.25, 0.3) is 5.91 Å². The molecule has 10 heteroatoms. The molecule has 178 valence electrons. The van der Waals surface area contributed by atoms with Crippen molar-refractivity contribution in [2.75, 3.05) is 5.32 Å². The predicted octanol–water partition coefficient (Wildman–Crippen LogP) is 5.82. The quantitative estimate of drug-likeness (QED) is 0.164. The third-order valence-corrected chi connectivity index (χ3v) is 6.47. The zero-order valence-corrected chi connectivity index (χ0v) is 21.1. The lowest BCUT2D eigenvalue weighted by molar-refractivity contribution is -0.120. The molecule has 0 bridgehead atoms. The molecule has 0 aliphatic carbocycles. The van der Waals surface area contributed by atoms with Crippen LogP contribution in [0, 0.1) is 0 Å². The Morgan fingerprint density at radius 3 is 2.34 bits per heavy atom. The average molecular weight is 525 g/mol. The summed E-state index contributed by atoms with van der Waals surface area (Å²) in [5.41, 5.74) is 5.23. The van der Waals surface area contributed by atoms with Crippen LogP contribution in [-0.2, 0) is 11.3 Å². The number of nitrogens with one attached hydrogen (secondary N) is 2. The van der Waals surface area contributed by atoms with E-state index in [1.807, 2.05) is 71.3 Å². The van der Waals surface area contributed by atoms with Crippen molar-refractivity contribution in [3.8, 4) is 5.69 Å². The monoisotopic (exact) mass is 524 g/mol. The number of halogens is 2. The maximum Gasteiger partial charge on any atom is 0.253 e. The van der Waals surface area contributed by atoms with E-state index >= 15 is 0 Å². The lowest BCUT2D eigenvalue weighted by atomic mass is 10.2. The van der Waals surface area contributed by atoms with Gasteiger partial charge in [-0.05, 0) is 61.0 Å². The van der Waals surface area contributed by atoms with Gasteiger partial charge in [0.05, 0.1) is 18.0 Å². The standard InChI is InChI=1S/C25H22Cl2N6OS/c1-17(24(34)31-29-15-18-7-9-19(26)10-8-18)35-25-32-30-23(33(25)22-5-3-2-4-6-22)16-28-21-13-11-20(27)12-14-21/h2-15,17,28H,16H2,1H3,(H,31,34)/b29-15-/t17-/m0/s1. The van der Waals surface area contributed by atoms with E-state index in [4.69, 9.17) is 23.2 Å². The van der Waals surface area contributed by atoms with Gasteiger partial charge < -0.3 is 5.32 Å². The van der Waals surface area contributed by atoms with Crippen LogP contribution < -0.4 is 10.7 Å². The van der Waals surface area contributed by atoms with Crippen molar-refractivity contribution < 1.29 is 4.79 Å². The molecule has 0 aliphatic rings. The Morgan fingerprint density at radius 2 is 1.66 bits per heavy atom. The molecular weight excluding hydrogens is 503 g/mol. The third kappa shape index (κ3) is 6.85. The summed E-state index contributed by atoms with van der Waals surface area (Å²) in [6.45, 7) is 2.24. The van der Waals surface area contributed by atoms with Crippen LogP contribution >= 0.6 is 35.0 Å². The van der Waals surface area contributed by atoms with E-state index in [1.165, 1.54) is 11.8 Å². The first-order valence-corrected chi connectivity index (χ1v) is 12.4. The lowest BCUT2D eigenvalue weighted by Crippen LogP contribution is -2.27. The minimum absolute atomic E-state index is 0.247. The van der Waals surface area contributed by atoms with Crippen molar-refractivity contribution >= 4 is 52.8 Å². The van der Waals surface area contributed by atoms with Gasteiger partial charge in [0.1, 0.15) is 0 Å². The summed E-state index contributed by atoms with van der Waals surface area (Å²) in [4.78, 5) is 12.6. The van der Waals surface area contributed by atoms with Crippen LogP contribution in [0.25, 0.3) is 5.69 Å². The smallest absolute Gasteiger partial charge is 0.253 e. The van der Waals surface area contributed by atoms with Crippen molar-refractivity contribution in [1.82, 2.24) is 20.2 Å². The number of hydrogen-bond donors (Lipinski definition) is 2. The van der Waals surface area contributed by atoms with E-state index < -0.39 is 5.25 Å². The van der Waals surface area contributed by atoms with Crippen LogP contribution in [0.2, 0.25) is 10.0 Å². The molecule has 1 aromatic heterocycles. The van der Waals surface area contributed by atoms with Gasteiger partial charge in [-0.2, -0.15) is 5.10 Å². The van der Waals surface area contributed by atoms with Gasteiger partial charge in [-0.25, -0.2) is 5.43 Å². The number of benzene rings is 3. The molecule has 7 nitrogen and oxygen atoms in total. The van der Waals surface area contributed by atoms with Crippen LogP contribution in [0.15, 0.2) is 89.1 Å². The van der Waals surface area contributed by atoms with E-state index in [2.05, 4.69) is 26.0 Å². The number of hydrazone groups is 1. The second-order valence-electron chi connectivity index (χ2n) is 7.48. The van der Waals surface area contributed by atoms with E-state index in [1.54, 1.807) is 25.3 Å². The van der Waals surface area contributed by atoms with E-state index in [-0.39, 0.29) is 5.91 Å². The fraction of sp³-hybridized carbons (Fsp3) is 0.120. The van der Waals surface area contributed by atoms with Crippen molar-refractivity contribution in [1.29, 1.82) is 0 Å². The molecule has 0 radical (unpaired) electrons. The topological polar surface area (TPSA) is 84.2 Å². The Labute approximate surface area is 217 Å². The Morgan fingerprint density at radius 1 is 1.00 bits per heavy atom. The van der Waals surface area contributed by atoms with Crippen molar-refractivity contribution in [3.05, 3.63) is 100 Å². The molecule has 3 aromatic carbocycles. The van der Waals surface area contributed by atoms with Crippen molar-refractivity contribution in [2.24, 2.45) is 5.10 Å². The predicted molar refractivity (Wildman–Crippen MR) is 143 cm³/mol. The third-order valence-electron chi connectivity index (χ3n) is 4.92. The molecule has 35 heavy (non-hydrogen) atoms. The minimum Gasteiger partial charge on any atom is -0.378 e. The highest BCUT2D eigenvalue weighted by Gasteiger charge is 2.21. The van der Waals surface area contributed by atoms with Gasteiger partial charge in [-0.1, -0.05) is 65.3 Å². The first kappa shape index (κ1) is 24.8. The highest BCUT2D eigenvalue weighted by Crippen LogP contribution is 2.26. The first-order chi connectivity index (χ1) is 17.0. The van der Waals surface area contributed by atoms with Gasteiger partial charge in [-0.15, -0.1) is 10.2 Å². The maximum absolute atomic E-state index is 12.6. The largest absolute Gasteiger partial charge is 0.378 e. The molecule has 0 saturated carbocycles. The van der Waals surface area contributed by atoms with Gasteiger partial charge in [-0.3, -0.25) is 9.36 Å². The lowest BCUT2D eigenvalue weighted by Gasteiger charge is -2.13. The molecule has 4 aromatic rings. The van der Waals surface area contributed by atoms with Gasteiger partial charge in [0.2, 0.25) is 0 Å². The van der Waals surface area contributed by atoms with Crippen LogP contribution in [0.4, 0.5) is 5.69 Å². The van der Waals surface area contributed by atoms with Gasteiger partial charge >= 0.3 is 0 Å². The average Bonchev–Trinajstić information content (AvgIpc) is 3.27. The summed E-state index contributed by atoms with van der Waals surface area (Å²) in [6.07, 6.45) is 1.57. The summed E-state index contributed by atoms with van der Waals surface area (Å²) in [6, 6.07) is 24.4. The highest BCUT2D eigenvalue weighted by molar-refractivity contribution is 8.00. The number of anilines is 1. The molecule has 2 N–H and O–H groups in total. The SMILES string of the molecule is C[C@H](Sc1nnc(CNc2ccc(Cl)cc2)n1-c1ccccc1)C(=O)N/N=C\c1ccc(Cl)cc1. The molecule has 4 rings (SSSR count). The van der Waals surface area contributed by atoms with E-state index in [9.17, 15) is 4.79 Å². The summed E-state index contributed by atoms with van der Waals surface area (Å²) >= 11 is 13.2. The fourth-order valence-corrected chi connectivity index (χ4v) is 4.23. The number of amides is 1. The minimum atomic E-state index is -0.457. The second kappa shape index (κ2) is 11.9. The number of rotatable bonds is 9. The molecule has 1 amide bonds. The van der Waals surface area contributed by atoms with Crippen LogP contribution in [0.5, 0.6) is 0 Å². The number of aromatic nitrogens is 3. The maximum atomic E-state index is 12.6. The molecule has 1 heterocycles. The first-order valence-electron chi connectivity index (χ1n) is 10.7. The van der Waals surface area contributed by atoms with Gasteiger partial charge in [0, 0.05) is 21.4 Å². The molecule has 0 saturated heterocycles. The number of carbonyl (C=O) groups excluding carboxylic acids is 1. The van der Waals surface area contributed by atoms with E-state index in [0.29, 0.717) is 27.6 Å². The van der Waals surface area contributed by atoms with Crippen LogP contribution in [0.1, 0.15) is 18.3 Å². The normalized spacial score (nSPS) is 12.0. The molecule has 0 unspecified atom stereocenters. The summed E-state index contributed by atoms with van der Waals surface area (Å²) in [5, 5.41) is 17.6. The summed E-state index contributed by atoms with van der Waals surface area (Å²) in [5.74, 6) is 0.464. The molecule has 0 aliphatic heterocycles. The Kier molecular flexibility index (Phi) is 8.41. The molecule has 0 spiro atoms. The van der Waals surface area contributed by atoms with Crippen molar-refractivity contribution in [2.45, 2.75) is 23.9 Å². The Bertz CT molecular complexity index is 1290. The number of carbonyl (C=O) groups is 1. The fourth-order valence-electron chi connectivity index (χ4n) is 3.10. The summed E-state index contributed by atoms with van der Waals surface area (Å²) < 4.78 is 1.94. The zero-order chi connectivity index (χ0) is 24.6. The van der Waals surface area contributed by atoms with Gasteiger partial charge in [0.15, 0.2) is 11.0 Å². The second-order valence-corrected chi connectivity index (χ2v) is 9.66. The molecule has 1 atom stereocenters. The molecule has 0 fully saturated rings. The van der Waals surface area contributed by atoms with E-state index in [0.717, 1.165) is 16.9 Å². The Balaban J connectivity index is 1.46. The number of hydrogen-bond acceptors (Lipinski definition) is 6. The number of para-hydroxylation sites is 1. The highest BCUT2D eigenvalue weighted by atomic mass is 35.5. The molecular formula is C25H22Cl2N6OS.